The van der Waals surface area contributed by atoms with Gasteiger partial charge in [-0.1, -0.05) is 12.1 Å². The molecule has 3 aromatic rings. The van der Waals surface area contributed by atoms with Crippen LogP contribution < -0.4 is 5.32 Å². The van der Waals surface area contributed by atoms with Crippen LogP contribution in [0.25, 0.3) is 11.4 Å². The molecule has 0 radical (unpaired) electrons. The minimum Gasteiger partial charge on any atom is -0.310 e. The third-order valence-corrected chi connectivity index (χ3v) is 5.30. The number of nitrogens with one attached hydrogen (secondary N) is 1. The van der Waals surface area contributed by atoms with Crippen LogP contribution in [0.15, 0.2) is 48.0 Å². The highest BCUT2D eigenvalue weighted by atomic mass is 32.1. The lowest BCUT2D eigenvalue weighted by atomic mass is 10.1. The third-order valence-electron chi connectivity index (χ3n) is 4.39. The first-order valence-electron chi connectivity index (χ1n) is 8.17. The molecule has 1 unspecified atom stereocenters. The largest absolute Gasteiger partial charge is 0.310 e. The monoisotopic (exact) mass is 339 g/mol. The molecule has 0 bridgehead atoms. The maximum atomic E-state index is 13.3. The molecular formula is C19H18FN3S. The molecule has 1 atom stereocenters. The lowest BCUT2D eigenvalue weighted by Gasteiger charge is -2.13. The zero-order valence-electron chi connectivity index (χ0n) is 13.2. The molecule has 1 aromatic carbocycles. The Kier molecular flexibility index (Phi) is 4.36. The number of fused-ring (bicyclic) bond motifs is 1. The van der Waals surface area contributed by atoms with Crippen molar-refractivity contribution in [1.29, 1.82) is 0 Å². The van der Waals surface area contributed by atoms with Gasteiger partial charge in [0, 0.05) is 30.6 Å². The summed E-state index contributed by atoms with van der Waals surface area (Å²) in [6.45, 7) is 0.872. The number of halogens is 1. The molecule has 1 N–H and O–H groups in total. The lowest BCUT2D eigenvalue weighted by molar-refractivity contribution is 0.533. The number of rotatable bonds is 5. The van der Waals surface area contributed by atoms with Crippen molar-refractivity contribution in [2.45, 2.75) is 25.3 Å². The fourth-order valence-corrected chi connectivity index (χ4v) is 4.00. The summed E-state index contributed by atoms with van der Waals surface area (Å²) < 4.78 is 13.3. The molecule has 4 rings (SSSR count). The summed E-state index contributed by atoms with van der Waals surface area (Å²) in [5.41, 5.74) is 4.24. The van der Waals surface area contributed by atoms with Gasteiger partial charge in [0.15, 0.2) is 0 Å². The van der Waals surface area contributed by atoms with Gasteiger partial charge < -0.3 is 5.32 Å². The highest BCUT2D eigenvalue weighted by molar-refractivity contribution is 7.09. The fraction of sp³-hybridized carbons (Fsp3) is 0.263. The number of aryl methyl sites for hydroxylation is 1. The molecule has 2 aromatic heterocycles. The Labute approximate surface area is 144 Å². The van der Waals surface area contributed by atoms with Gasteiger partial charge in [0.25, 0.3) is 0 Å². The second kappa shape index (κ2) is 6.79. The van der Waals surface area contributed by atoms with E-state index in [2.05, 4.69) is 20.7 Å². The minimum atomic E-state index is -0.140. The minimum absolute atomic E-state index is 0.140. The van der Waals surface area contributed by atoms with Gasteiger partial charge in [-0.2, -0.15) is 0 Å². The second-order valence-corrected chi connectivity index (χ2v) is 6.92. The van der Waals surface area contributed by atoms with Crippen molar-refractivity contribution in [3.8, 4) is 11.4 Å². The highest BCUT2D eigenvalue weighted by Gasteiger charge is 2.22. The number of pyridine rings is 1. The smallest absolute Gasteiger partial charge is 0.123 e. The summed E-state index contributed by atoms with van der Waals surface area (Å²) >= 11 is 1.67. The first-order valence-corrected chi connectivity index (χ1v) is 9.05. The van der Waals surface area contributed by atoms with E-state index in [1.165, 1.54) is 5.56 Å². The summed E-state index contributed by atoms with van der Waals surface area (Å²) in [5, 5.41) is 6.76. The average Bonchev–Trinajstić information content (AvgIpc) is 3.23. The topological polar surface area (TPSA) is 37.8 Å². The lowest BCUT2D eigenvalue weighted by Crippen LogP contribution is -2.21. The molecule has 3 nitrogen and oxygen atoms in total. The van der Waals surface area contributed by atoms with Crippen molar-refractivity contribution in [1.82, 2.24) is 15.3 Å². The van der Waals surface area contributed by atoms with E-state index in [1.807, 2.05) is 24.3 Å². The van der Waals surface area contributed by atoms with Gasteiger partial charge in [0.2, 0.25) is 0 Å². The molecule has 0 fully saturated rings. The van der Waals surface area contributed by atoms with Gasteiger partial charge in [0.05, 0.1) is 16.4 Å². The number of thiazole rings is 1. The fourth-order valence-electron chi connectivity index (χ4n) is 3.21. The molecule has 0 spiro atoms. The van der Waals surface area contributed by atoms with Crippen LogP contribution in [0.2, 0.25) is 0 Å². The van der Waals surface area contributed by atoms with Crippen molar-refractivity contribution in [2.24, 2.45) is 0 Å². The molecule has 2 heterocycles. The van der Waals surface area contributed by atoms with Crippen LogP contribution in [0.1, 0.15) is 28.6 Å². The Balaban J connectivity index is 1.35. The Bertz CT molecular complexity index is 832. The van der Waals surface area contributed by atoms with E-state index in [-0.39, 0.29) is 5.82 Å². The quantitative estimate of drug-likeness (QED) is 0.758. The van der Waals surface area contributed by atoms with Crippen molar-refractivity contribution in [3.63, 3.8) is 0 Å². The molecule has 24 heavy (non-hydrogen) atoms. The van der Waals surface area contributed by atoms with Gasteiger partial charge in [-0.3, -0.25) is 4.98 Å². The summed E-state index contributed by atoms with van der Waals surface area (Å²) in [6, 6.07) is 11.3. The zero-order chi connectivity index (χ0) is 16.4. The van der Waals surface area contributed by atoms with Crippen molar-refractivity contribution < 1.29 is 4.39 Å². The Morgan fingerprint density at radius 1 is 1.21 bits per heavy atom. The van der Waals surface area contributed by atoms with Gasteiger partial charge in [-0.05, 0) is 48.2 Å². The molecule has 1 aliphatic carbocycles. The second-order valence-electron chi connectivity index (χ2n) is 5.98. The SMILES string of the molecule is Fc1ccc2c(c1)CCC2NCCc1nc(-c2ccccn2)cs1. The van der Waals surface area contributed by atoms with E-state index in [0.29, 0.717) is 6.04 Å². The normalized spacial score (nSPS) is 16.3. The third kappa shape index (κ3) is 3.23. The maximum absolute atomic E-state index is 13.3. The molecular weight excluding hydrogens is 321 g/mol. The summed E-state index contributed by atoms with van der Waals surface area (Å²) in [7, 11) is 0. The number of nitrogens with zero attached hydrogens (tertiary/aromatic N) is 2. The average molecular weight is 339 g/mol. The zero-order valence-corrected chi connectivity index (χ0v) is 14.0. The van der Waals surface area contributed by atoms with E-state index < -0.39 is 0 Å². The Hall–Kier alpha value is -2.11. The summed E-state index contributed by atoms with van der Waals surface area (Å²) in [5.74, 6) is -0.140. The maximum Gasteiger partial charge on any atom is 0.123 e. The first kappa shape index (κ1) is 15.4. The number of hydrogen-bond donors (Lipinski definition) is 1. The molecule has 0 saturated heterocycles. The molecule has 122 valence electrons. The van der Waals surface area contributed by atoms with Gasteiger partial charge in [0.1, 0.15) is 5.82 Å². The predicted molar refractivity (Wildman–Crippen MR) is 94.5 cm³/mol. The van der Waals surface area contributed by atoms with Crippen molar-refractivity contribution in [3.05, 3.63) is 69.9 Å². The van der Waals surface area contributed by atoms with Crippen LogP contribution in [-0.2, 0) is 12.8 Å². The van der Waals surface area contributed by atoms with Crippen LogP contribution in [0, 0.1) is 5.82 Å². The molecule has 0 aliphatic heterocycles. The van der Waals surface area contributed by atoms with Crippen LogP contribution in [-0.4, -0.2) is 16.5 Å². The molecule has 5 heteroatoms. The van der Waals surface area contributed by atoms with Crippen LogP contribution in [0.3, 0.4) is 0 Å². The molecule has 0 saturated carbocycles. The Morgan fingerprint density at radius 2 is 2.17 bits per heavy atom. The van der Waals surface area contributed by atoms with Crippen LogP contribution >= 0.6 is 11.3 Å². The van der Waals surface area contributed by atoms with E-state index in [4.69, 9.17) is 0 Å². The van der Waals surface area contributed by atoms with Crippen molar-refractivity contribution in [2.75, 3.05) is 6.54 Å². The highest BCUT2D eigenvalue weighted by Crippen LogP contribution is 2.31. The van der Waals surface area contributed by atoms with E-state index >= 15 is 0 Å². The predicted octanol–water partition coefficient (Wildman–Crippen LogP) is 4.16. The van der Waals surface area contributed by atoms with E-state index in [1.54, 1.807) is 29.7 Å². The van der Waals surface area contributed by atoms with E-state index in [0.717, 1.165) is 47.8 Å². The first-order chi connectivity index (χ1) is 11.8. The molecule has 1 aliphatic rings. The number of aromatic nitrogens is 2. The summed E-state index contributed by atoms with van der Waals surface area (Å²) in [6.07, 6.45) is 4.67. The van der Waals surface area contributed by atoms with Gasteiger partial charge in [-0.25, -0.2) is 9.37 Å². The number of hydrogen-bond acceptors (Lipinski definition) is 4. The van der Waals surface area contributed by atoms with Crippen LogP contribution in [0.4, 0.5) is 4.39 Å². The van der Waals surface area contributed by atoms with E-state index in [9.17, 15) is 4.39 Å². The van der Waals surface area contributed by atoms with Gasteiger partial charge >= 0.3 is 0 Å². The molecule has 0 amide bonds. The standard InChI is InChI=1S/C19H18FN3S/c20-14-5-6-15-13(11-14)4-7-16(15)22-10-8-19-23-18(12-24-19)17-3-1-2-9-21-17/h1-3,5-6,9,11-12,16,22H,4,7-8,10H2. The Morgan fingerprint density at radius 3 is 3.04 bits per heavy atom. The summed E-state index contributed by atoms with van der Waals surface area (Å²) in [4.78, 5) is 9.00. The van der Waals surface area contributed by atoms with Crippen molar-refractivity contribution >= 4 is 11.3 Å². The van der Waals surface area contributed by atoms with Gasteiger partial charge in [-0.15, -0.1) is 11.3 Å². The van der Waals surface area contributed by atoms with Crippen LogP contribution in [0.5, 0.6) is 0 Å². The number of benzene rings is 1.